The van der Waals surface area contributed by atoms with Gasteiger partial charge in [-0.1, -0.05) is 25.0 Å². The lowest BCUT2D eigenvalue weighted by atomic mass is 10.1. The maximum absolute atomic E-state index is 5.55. The van der Waals surface area contributed by atoms with Gasteiger partial charge in [-0.25, -0.2) is 0 Å². The van der Waals surface area contributed by atoms with Crippen molar-refractivity contribution in [2.75, 3.05) is 19.7 Å². The van der Waals surface area contributed by atoms with Gasteiger partial charge in [0, 0.05) is 25.6 Å². The minimum absolute atomic E-state index is 0.606. The number of nitrogens with zero attached hydrogens (tertiary/aromatic N) is 1. The number of nitrogens with one attached hydrogen (secondary N) is 2. The molecule has 120 valence electrons. The van der Waals surface area contributed by atoms with Gasteiger partial charge in [0.05, 0.1) is 6.61 Å². The number of ether oxygens (including phenoxy) is 1. The molecule has 1 aliphatic heterocycles. The summed E-state index contributed by atoms with van der Waals surface area (Å²) in [5.74, 6) is 2.03. The number of hydrogen-bond acceptors (Lipinski definition) is 2. The van der Waals surface area contributed by atoms with Crippen LogP contribution in [0, 0.1) is 0 Å². The van der Waals surface area contributed by atoms with Gasteiger partial charge in [-0.05, 0) is 43.4 Å². The van der Waals surface area contributed by atoms with E-state index in [1.807, 2.05) is 0 Å². The van der Waals surface area contributed by atoms with E-state index >= 15 is 0 Å². The second kappa shape index (κ2) is 7.52. The zero-order valence-electron chi connectivity index (χ0n) is 13.5. The zero-order valence-corrected chi connectivity index (χ0v) is 13.5. The number of guanidine groups is 1. The number of benzene rings is 1. The molecule has 4 heteroatoms. The maximum Gasteiger partial charge on any atom is 0.191 e. The van der Waals surface area contributed by atoms with E-state index in [1.54, 1.807) is 0 Å². The van der Waals surface area contributed by atoms with Crippen molar-refractivity contribution in [3.8, 4) is 5.75 Å². The molecule has 1 aliphatic carbocycles. The highest BCUT2D eigenvalue weighted by atomic mass is 16.5. The highest BCUT2D eigenvalue weighted by molar-refractivity contribution is 5.80. The van der Waals surface area contributed by atoms with Crippen molar-refractivity contribution < 1.29 is 4.74 Å². The molecule has 3 rings (SSSR count). The largest absolute Gasteiger partial charge is 0.493 e. The first-order valence-electron chi connectivity index (χ1n) is 8.64. The van der Waals surface area contributed by atoms with E-state index in [4.69, 9.17) is 9.73 Å². The van der Waals surface area contributed by atoms with Crippen molar-refractivity contribution in [1.29, 1.82) is 0 Å². The van der Waals surface area contributed by atoms with Crippen LogP contribution in [0.3, 0.4) is 0 Å². The third-order valence-electron chi connectivity index (χ3n) is 4.46. The fraction of sp³-hybridized carbons (Fsp3) is 0.611. The molecule has 1 aromatic carbocycles. The highest BCUT2D eigenvalue weighted by Gasteiger charge is 2.16. The molecule has 1 aromatic rings. The van der Waals surface area contributed by atoms with Crippen molar-refractivity contribution >= 4 is 5.96 Å². The van der Waals surface area contributed by atoms with Gasteiger partial charge in [-0.15, -0.1) is 0 Å². The van der Waals surface area contributed by atoms with Crippen LogP contribution in [0.2, 0.25) is 0 Å². The normalized spacial score (nSPS) is 18.1. The van der Waals surface area contributed by atoms with Crippen LogP contribution in [0.1, 0.15) is 43.7 Å². The molecule has 0 amide bonds. The van der Waals surface area contributed by atoms with Crippen molar-refractivity contribution in [2.24, 2.45) is 4.99 Å². The summed E-state index contributed by atoms with van der Waals surface area (Å²) in [7, 11) is 0. The first-order valence-corrected chi connectivity index (χ1v) is 8.64. The Morgan fingerprint density at radius 2 is 2.18 bits per heavy atom. The Balaban J connectivity index is 1.53. The molecule has 0 unspecified atom stereocenters. The zero-order chi connectivity index (χ0) is 15.2. The Labute approximate surface area is 133 Å². The second-order valence-electron chi connectivity index (χ2n) is 6.18. The monoisotopic (exact) mass is 301 g/mol. The molecule has 22 heavy (non-hydrogen) atoms. The van der Waals surface area contributed by atoms with Crippen molar-refractivity contribution in [3.05, 3.63) is 29.3 Å². The van der Waals surface area contributed by atoms with E-state index in [0.717, 1.165) is 44.2 Å². The van der Waals surface area contributed by atoms with E-state index in [1.165, 1.54) is 36.8 Å². The van der Waals surface area contributed by atoms with Gasteiger partial charge in [0.2, 0.25) is 0 Å². The second-order valence-corrected chi connectivity index (χ2v) is 6.18. The molecule has 0 bridgehead atoms. The first-order chi connectivity index (χ1) is 10.8. The molecule has 1 fully saturated rings. The smallest absolute Gasteiger partial charge is 0.191 e. The maximum atomic E-state index is 5.55. The summed E-state index contributed by atoms with van der Waals surface area (Å²) in [6.07, 6.45) is 7.25. The van der Waals surface area contributed by atoms with Crippen molar-refractivity contribution in [2.45, 2.75) is 51.5 Å². The summed E-state index contributed by atoms with van der Waals surface area (Å²) < 4.78 is 5.55. The van der Waals surface area contributed by atoms with E-state index in [9.17, 15) is 0 Å². The summed E-state index contributed by atoms with van der Waals surface area (Å²) in [6, 6.07) is 7.14. The number of hydrogen-bond donors (Lipinski definition) is 2. The van der Waals surface area contributed by atoms with Crippen LogP contribution in [0.15, 0.2) is 23.2 Å². The molecule has 1 saturated carbocycles. The van der Waals surface area contributed by atoms with E-state index in [-0.39, 0.29) is 0 Å². The third kappa shape index (κ3) is 3.93. The van der Waals surface area contributed by atoms with E-state index in [0.29, 0.717) is 6.04 Å². The summed E-state index contributed by atoms with van der Waals surface area (Å²) >= 11 is 0. The summed E-state index contributed by atoms with van der Waals surface area (Å²) in [4.78, 5) is 4.73. The van der Waals surface area contributed by atoms with E-state index < -0.39 is 0 Å². The fourth-order valence-corrected chi connectivity index (χ4v) is 3.28. The lowest BCUT2D eigenvalue weighted by molar-refractivity contribution is 0.357. The van der Waals surface area contributed by atoms with Gasteiger partial charge >= 0.3 is 0 Å². The molecule has 0 saturated heterocycles. The average Bonchev–Trinajstić information content (AvgIpc) is 3.18. The Morgan fingerprint density at radius 1 is 1.32 bits per heavy atom. The van der Waals surface area contributed by atoms with Crippen LogP contribution in [0.5, 0.6) is 5.75 Å². The SMILES string of the molecule is CCNC(=NCCc1ccc2c(c1)CCO2)NC1CCCC1. The molecule has 2 N–H and O–H groups in total. The first kappa shape index (κ1) is 15.2. The van der Waals surface area contributed by atoms with Crippen molar-refractivity contribution in [3.63, 3.8) is 0 Å². The molecular weight excluding hydrogens is 274 g/mol. The molecule has 0 atom stereocenters. The minimum Gasteiger partial charge on any atom is -0.493 e. The lowest BCUT2D eigenvalue weighted by Gasteiger charge is -2.16. The molecule has 4 nitrogen and oxygen atoms in total. The van der Waals surface area contributed by atoms with Gasteiger partial charge in [-0.2, -0.15) is 0 Å². The predicted molar refractivity (Wildman–Crippen MR) is 90.7 cm³/mol. The minimum atomic E-state index is 0.606. The fourth-order valence-electron chi connectivity index (χ4n) is 3.28. The van der Waals surface area contributed by atoms with Gasteiger partial charge in [0.15, 0.2) is 5.96 Å². The third-order valence-corrected chi connectivity index (χ3v) is 4.46. The van der Waals surface area contributed by atoms with Gasteiger partial charge in [-0.3, -0.25) is 4.99 Å². The molecule has 0 radical (unpaired) electrons. The highest BCUT2D eigenvalue weighted by Crippen LogP contribution is 2.26. The Morgan fingerprint density at radius 3 is 3.00 bits per heavy atom. The van der Waals surface area contributed by atoms with Gasteiger partial charge in [0.1, 0.15) is 5.75 Å². The summed E-state index contributed by atoms with van der Waals surface area (Å²) in [5, 5.41) is 6.92. The number of aliphatic imine (C=N–C) groups is 1. The van der Waals surface area contributed by atoms with Crippen LogP contribution in [-0.4, -0.2) is 31.7 Å². The van der Waals surface area contributed by atoms with Crippen LogP contribution >= 0.6 is 0 Å². The van der Waals surface area contributed by atoms with Gasteiger partial charge < -0.3 is 15.4 Å². The quantitative estimate of drug-likeness (QED) is 0.649. The molecule has 1 heterocycles. The Bertz CT molecular complexity index is 521. The topological polar surface area (TPSA) is 45.7 Å². The molecule has 0 spiro atoms. The van der Waals surface area contributed by atoms with Crippen molar-refractivity contribution in [1.82, 2.24) is 10.6 Å². The Kier molecular flexibility index (Phi) is 5.20. The van der Waals surface area contributed by atoms with E-state index in [2.05, 4.69) is 35.8 Å². The van der Waals surface area contributed by atoms with Crippen LogP contribution in [0.25, 0.3) is 0 Å². The van der Waals surface area contributed by atoms with Crippen LogP contribution < -0.4 is 15.4 Å². The molecule has 2 aliphatic rings. The average molecular weight is 301 g/mol. The van der Waals surface area contributed by atoms with Crippen LogP contribution in [-0.2, 0) is 12.8 Å². The lowest BCUT2D eigenvalue weighted by Crippen LogP contribution is -2.42. The van der Waals surface area contributed by atoms with Gasteiger partial charge in [0.25, 0.3) is 0 Å². The molecular formula is C18H27N3O. The standard InChI is InChI=1S/C18H27N3O/c1-2-19-18(21-16-5-3-4-6-16)20-11-9-14-7-8-17-15(13-14)10-12-22-17/h7-8,13,16H,2-6,9-12H2,1H3,(H2,19,20,21). The predicted octanol–water partition coefficient (Wildman–Crippen LogP) is 2.66. The Hall–Kier alpha value is -1.71. The summed E-state index contributed by atoms with van der Waals surface area (Å²) in [5.41, 5.74) is 2.70. The number of fused-ring (bicyclic) bond motifs is 1. The summed E-state index contributed by atoms with van der Waals surface area (Å²) in [6.45, 7) is 4.68. The molecule has 0 aromatic heterocycles. The van der Waals surface area contributed by atoms with Crippen LogP contribution in [0.4, 0.5) is 0 Å². The number of rotatable bonds is 5.